The molecule has 2 aromatic carbocycles. The van der Waals surface area contributed by atoms with Crippen LogP contribution < -0.4 is 5.32 Å². The molecule has 1 heterocycles. The first kappa shape index (κ1) is 16.2. The van der Waals surface area contributed by atoms with Crippen LogP contribution in [0, 0.1) is 6.92 Å². The number of hydrogen-bond donors (Lipinski definition) is 2. The van der Waals surface area contributed by atoms with Gasteiger partial charge in [0.2, 0.25) is 0 Å². The Morgan fingerprint density at radius 3 is 2.75 bits per heavy atom. The second kappa shape index (κ2) is 6.84. The van der Waals surface area contributed by atoms with Crippen LogP contribution in [0.15, 0.2) is 42.5 Å². The summed E-state index contributed by atoms with van der Waals surface area (Å²) in [5, 5.41) is 11.9. The molecule has 0 radical (unpaired) electrons. The minimum Gasteiger partial charge on any atom is -0.478 e. The lowest BCUT2D eigenvalue weighted by atomic mass is 9.96. The molecule has 2 aromatic rings. The number of aromatic carboxylic acids is 1. The van der Waals surface area contributed by atoms with Crippen LogP contribution in [0.1, 0.15) is 44.2 Å². The third-order valence-corrected chi connectivity index (χ3v) is 4.28. The first-order valence-electron chi connectivity index (χ1n) is 7.87. The molecule has 1 fully saturated rings. The molecule has 1 amide bonds. The number of nitrogens with one attached hydrogen (secondary N) is 1. The lowest BCUT2D eigenvalue weighted by Gasteiger charge is -2.11. The van der Waals surface area contributed by atoms with Crippen molar-refractivity contribution in [3.63, 3.8) is 0 Å². The number of carboxylic acid groups (broad SMARTS) is 1. The lowest BCUT2D eigenvalue weighted by Crippen LogP contribution is -2.13. The second-order valence-electron chi connectivity index (χ2n) is 5.97. The Labute approximate surface area is 140 Å². The largest absolute Gasteiger partial charge is 0.478 e. The normalized spacial score (nSPS) is 16.8. The molecule has 0 saturated carbocycles. The van der Waals surface area contributed by atoms with Crippen molar-refractivity contribution in [2.45, 2.75) is 19.3 Å². The Balaban J connectivity index is 1.79. The molecule has 0 spiro atoms. The van der Waals surface area contributed by atoms with Gasteiger partial charge in [0.1, 0.15) is 0 Å². The Kier molecular flexibility index (Phi) is 4.62. The molecule has 0 aromatic heterocycles. The predicted octanol–water partition coefficient (Wildman–Crippen LogP) is 3.45. The highest BCUT2D eigenvalue weighted by atomic mass is 16.5. The van der Waals surface area contributed by atoms with Crippen molar-refractivity contribution in [3.8, 4) is 0 Å². The van der Waals surface area contributed by atoms with Gasteiger partial charge in [-0.3, -0.25) is 4.79 Å². The Morgan fingerprint density at radius 2 is 2.04 bits per heavy atom. The van der Waals surface area contributed by atoms with Crippen molar-refractivity contribution in [1.29, 1.82) is 0 Å². The molecule has 5 heteroatoms. The topological polar surface area (TPSA) is 75.6 Å². The van der Waals surface area contributed by atoms with Crippen molar-refractivity contribution in [2.75, 3.05) is 18.5 Å². The number of aryl methyl sites for hydroxylation is 1. The van der Waals surface area contributed by atoms with E-state index in [0.29, 0.717) is 29.3 Å². The van der Waals surface area contributed by atoms with E-state index in [2.05, 4.69) is 5.32 Å². The third kappa shape index (κ3) is 3.46. The maximum atomic E-state index is 12.5. The van der Waals surface area contributed by atoms with Crippen LogP contribution >= 0.6 is 0 Å². The van der Waals surface area contributed by atoms with Crippen molar-refractivity contribution < 1.29 is 19.4 Å². The van der Waals surface area contributed by atoms with Gasteiger partial charge in [0.25, 0.3) is 5.91 Å². The van der Waals surface area contributed by atoms with Crippen LogP contribution in [0.4, 0.5) is 5.69 Å². The molecule has 5 nitrogen and oxygen atoms in total. The van der Waals surface area contributed by atoms with Crippen LogP contribution in [0.3, 0.4) is 0 Å². The third-order valence-electron chi connectivity index (χ3n) is 4.28. The zero-order valence-corrected chi connectivity index (χ0v) is 13.4. The van der Waals surface area contributed by atoms with Crippen molar-refractivity contribution >= 4 is 17.6 Å². The number of ether oxygens (including phenoxy) is 1. The number of rotatable bonds is 4. The van der Waals surface area contributed by atoms with Gasteiger partial charge in [-0.2, -0.15) is 0 Å². The standard InChI is InChI=1S/C19H19NO4/c1-12-5-6-16(10-17(12)19(22)23)20-18(21)14-4-2-3-13(9-14)15-7-8-24-11-15/h2-6,9-10,15H,7-8,11H2,1H3,(H,20,21)(H,22,23). The van der Waals surface area contributed by atoms with Gasteiger partial charge in [0.15, 0.2) is 0 Å². The molecule has 2 N–H and O–H groups in total. The van der Waals surface area contributed by atoms with Gasteiger partial charge < -0.3 is 15.2 Å². The van der Waals surface area contributed by atoms with Crippen molar-refractivity contribution in [3.05, 3.63) is 64.7 Å². The predicted molar refractivity (Wildman–Crippen MR) is 90.7 cm³/mol. The van der Waals surface area contributed by atoms with Crippen LogP contribution in [0.2, 0.25) is 0 Å². The van der Waals surface area contributed by atoms with E-state index in [-0.39, 0.29) is 11.5 Å². The lowest BCUT2D eigenvalue weighted by molar-refractivity contribution is 0.0695. The van der Waals surface area contributed by atoms with Crippen LogP contribution in [0.25, 0.3) is 0 Å². The summed E-state index contributed by atoms with van der Waals surface area (Å²) in [4.78, 5) is 23.7. The average molecular weight is 325 g/mol. The fourth-order valence-electron chi connectivity index (χ4n) is 2.86. The molecule has 1 atom stereocenters. The molecular formula is C19H19NO4. The number of carboxylic acids is 1. The number of carbonyl (C=O) groups is 2. The second-order valence-corrected chi connectivity index (χ2v) is 5.97. The number of amides is 1. The summed E-state index contributed by atoms with van der Waals surface area (Å²) >= 11 is 0. The maximum Gasteiger partial charge on any atom is 0.336 e. The number of hydrogen-bond acceptors (Lipinski definition) is 3. The van der Waals surface area contributed by atoms with Crippen LogP contribution in [-0.2, 0) is 4.74 Å². The van der Waals surface area contributed by atoms with E-state index < -0.39 is 5.97 Å². The van der Waals surface area contributed by atoms with Gasteiger partial charge in [0.05, 0.1) is 12.2 Å². The van der Waals surface area contributed by atoms with Crippen LogP contribution in [-0.4, -0.2) is 30.2 Å². The summed E-state index contributed by atoms with van der Waals surface area (Å²) in [7, 11) is 0. The van der Waals surface area contributed by atoms with Crippen LogP contribution in [0.5, 0.6) is 0 Å². The smallest absolute Gasteiger partial charge is 0.336 e. The zero-order chi connectivity index (χ0) is 17.1. The Bertz CT molecular complexity index is 779. The molecule has 124 valence electrons. The molecule has 24 heavy (non-hydrogen) atoms. The average Bonchev–Trinajstić information content (AvgIpc) is 3.11. The maximum absolute atomic E-state index is 12.5. The Hall–Kier alpha value is -2.66. The fraction of sp³-hybridized carbons (Fsp3) is 0.263. The molecule has 1 unspecified atom stereocenters. The van der Waals surface area contributed by atoms with Gasteiger partial charge in [-0.15, -0.1) is 0 Å². The first-order valence-corrected chi connectivity index (χ1v) is 7.87. The summed E-state index contributed by atoms with van der Waals surface area (Å²) in [6.45, 7) is 3.16. The van der Waals surface area contributed by atoms with E-state index in [4.69, 9.17) is 4.74 Å². The Morgan fingerprint density at radius 1 is 1.21 bits per heavy atom. The molecule has 1 saturated heterocycles. The van der Waals surface area contributed by atoms with Gasteiger partial charge in [0, 0.05) is 23.8 Å². The summed E-state index contributed by atoms with van der Waals surface area (Å²) < 4.78 is 5.40. The van der Waals surface area contributed by atoms with Gasteiger partial charge >= 0.3 is 5.97 Å². The van der Waals surface area contributed by atoms with E-state index in [1.165, 1.54) is 6.07 Å². The molecule has 0 bridgehead atoms. The van der Waals surface area contributed by atoms with E-state index in [1.807, 2.05) is 18.2 Å². The zero-order valence-electron chi connectivity index (χ0n) is 13.4. The number of anilines is 1. The van der Waals surface area contributed by atoms with E-state index in [9.17, 15) is 14.7 Å². The van der Waals surface area contributed by atoms with Gasteiger partial charge in [-0.05, 0) is 48.7 Å². The highest BCUT2D eigenvalue weighted by molar-refractivity contribution is 6.05. The number of benzene rings is 2. The molecular weight excluding hydrogens is 306 g/mol. The molecule has 1 aliphatic rings. The van der Waals surface area contributed by atoms with Crippen molar-refractivity contribution in [1.82, 2.24) is 0 Å². The first-order chi connectivity index (χ1) is 11.5. The summed E-state index contributed by atoms with van der Waals surface area (Å²) in [6, 6.07) is 12.4. The summed E-state index contributed by atoms with van der Waals surface area (Å²) in [5.41, 5.74) is 2.96. The minimum absolute atomic E-state index is 0.185. The minimum atomic E-state index is -1.01. The number of carbonyl (C=O) groups excluding carboxylic acids is 1. The molecule has 3 rings (SSSR count). The highest BCUT2D eigenvalue weighted by Crippen LogP contribution is 2.26. The van der Waals surface area contributed by atoms with E-state index in [1.54, 1.807) is 25.1 Å². The van der Waals surface area contributed by atoms with E-state index >= 15 is 0 Å². The quantitative estimate of drug-likeness (QED) is 0.903. The van der Waals surface area contributed by atoms with E-state index in [0.717, 1.165) is 18.6 Å². The van der Waals surface area contributed by atoms with Gasteiger partial charge in [-0.1, -0.05) is 18.2 Å². The SMILES string of the molecule is Cc1ccc(NC(=O)c2cccc(C3CCOC3)c2)cc1C(=O)O. The fourth-order valence-corrected chi connectivity index (χ4v) is 2.86. The molecule has 1 aliphatic heterocycles. The highest BCUT2D eigenvalue weighted by Gasteiger charge is 2.19. The van der Waals surface area contributed by atoms with Gasteiger partial charge in [-0.25, -0.2) is 4.79 Å². The summed E-state index contributed by atoms with van der Waals surface area (Å²) in [5.74, 6) is -0.932. The summed E-state index contributed by atoms with van der Waals surface area (Å²) in [6.07, 6.45) is 0.963. The van der Waals surface area contributed by atoms with Crippen molar-refractivity contribution in [2.24, 2.45) is 0 Å². The monoisotopic (exact) mass is 325 g/mol. The molecule has 0 aliphatic carbocycles.